The number of carbonyl (C=O) groups is 1. The van der Waals surface area contributed by atoms with Crippen LogP contribution in [0.2, 0.25) is 0 Å². The first-order valence-electron chi connectivity index (χ1n) is 4.70. The van der Waals surface area contributed by atoms with Gasteiger partial charge in [-0.3, -0.25) is 4.79 Å². The summed E-state index contributed by atoms with van der Waals surface area (Å²) in [7, 11) is 0. The first-order valence-corrected chi connectivity index (χ1v) is 7.56. The zero-order valence-electron chi connectivity index (χ0n) is 9.21. The van der Waals surface area contributed by atoms with Crippen LogP contribution >= 0.6 is 34.9 Å². The van der Waals surface area contributed by atoms with E-state index in [1.165, 1.54) is 11.8 Å². The molecule has 0 unspecified atom stereocenters. The van der Waals surface area contributed by atoms with Gasteiger partial charge < -0.3 is 0 Å². The third kappa shape index (κ3) is 3.05. The lowest BCUT2D eigenvalue weighted by atomic mass is 10.2. The predicted molar refractivity (Wildman–Crippen MR) is 70.2 cm³/mol. The molecule has 2 heterocycles. The number of carbonyl (C=O) groups excluding carboxylic acids is 1. The van der Waals surface area contributed by atoms with Gasteiger partial charge in [-0.05, 0) is 36.6 Å². The van der Waals surface area contributed by atoms with Gasteiger partial charge in [0.15, 0.2) is 15.0 Å². The van der Waals surface area contributed by atoms with Crippen molar-refractivity contribution in [3.8, 4) is 0 Å². The minimum atomic E-state index is 0.592. The number of pyridine rings is 1. The molecular weight excluding hydrogens is 274 g/mol. The van der Waals surface area contributed by atoms with E-state index in [4.69, 9.17) is 0 Å². The van der Waals surface area contributed by atoms with Gasteiger partial charge in [0.25, 0.3) is 0 Å². The predicted octanol–water partition coefficient (Wildman–Crippen LogP) is 2.93. The topological polar surface area (TPSA) is 55.7 Å². The van der Waals surface area contributed by atoms with Gasteiger partial charge in [-0.25, -0.2) is 4.98 Å². The largest absolute Gasteiger partial charge is 0.298 e. The van der Waals surface area contributed by atoms with Crippen molar-refractivity contribution in [1.82, 2.24) is 15.2 Å². The van der Waals surface area contributed by atoms with Gasteiger partial charge in [-0.1, -0.05) is 23.1 Å². The number of hydrogen-bond acceptors (Lipinski definition) is 7. The van der Waals surface area contributed by atoms with Crippen LogP contribution in [0.3, 0.4) is 0 Å². The standard InChI is InChI=1S/C10H9N3OS3/c1-6-3-7(5-14)4-11-8(6)16-10-13-12-9(15-2)17-10/h3-5H,1-2H3. The fourth-order valence-corrected chi connectivity index (χ4v) is 3.54. The third-order valence-corrected chi connectivity index (χ3v) is 5.00. The Labute approximate surface area is 111 Å². The molecule has 2 aromatic heterocycles. The van der Waals surface area contributed by atoms with Gasteiger partial charge in [0.05, 0.1) is 0 Å². The van der Waals surface area contributed by atoms with E-state index in [2.05, 4.69) is 15.2 Å². The molecule has 7 heteroatoms. The number of thioether (sulfide) groups is 1. The number of rotatable bonds is 4. The molecule has 0 amide bonds. The summed E-state index contributed by atoms with van der Waals surface area (Å²) < 4.78 is 1.80. The van der Waals surface area contributed by atoms with Gasteiger partial charge in [-0.15, -0.1) is 10.2 Å². The lowest BCUT2D eigenvalue weighted by Gasteiger charge is -2.01. The van der Waals surface area contributed by atoms with Crippen LogP contribution in [-0.4, -0.2) is 27.7 Å². The van der Waals surface area contributed by atoms with Crippen molar-refractivity contribution in [2.45, 2.75) is 20.6 Å². The molecule has 2 rings (SSSR count). The molecule has 0 aliphatic rings. The van der Waals surface area contributed by atoms with Gasteiger partial charge in [0, 0.05) is 11.8 Å². The smallest absolute Gasteiger partial charge is 0.181 e. The average Bonchev–Trinajstić information content (AvgIpc) is 2.79. The molecular formula is C10H9N3OS3. The summed E-state index contributed by atoms with van der Waals surface area (Å²) >= 11 is 4.59. The van der Waals surface area contributed by atoms with E-state index in [1.807, 2.05) is 19.2 Å². The summed E-state index contributed by atoms with van der Waals surface area (Å²) in [6.45, 7) is 1.93. The quantitative estimate of drug-likeness (QED) is 0.635. The lowest BCUT2D eigenvalue weighted by molar-refractivity contribution is 0.112. The first-order chi connectivity index (χ1) is 8.22. The fourth-order valence-electron chi connectivity index (χ4n) is 1.16. The number of aryl methyl sites for hydroxylation is 1. The van der Waals surface area contributed by atoms with E-state index in [9.17, 15) is 4.79 Å². The van der Waals surface area contributed by atoms with E-state index in [0.717, 1.165) is 25.6 Å². The zero-order chi connectivity index (χ0) is 12.3. The molecule has 88 valence electrons. The molecule has 0 saturated heterocycles. The number of aromatic nitrogens is 3. The summed E-state index contributed by atoms with van der Waals surface area (Å²) in [4.78, 5) is 14.8. The highest BCUT2D eigenvalue weighted by Gasteiger charge is 2.08. The fraction of sp³-hybridized carbons (Fsp3) is 0.200. The average molecular weight is 283 g/mol. The molecule has 0 aliphatic carbocycles. The first kappa shape index (κ1) is 12.5. The van der Waals surface area contributed by atoms with Crippen LogP contribution in [0.15, 0.2) is 26.0 Å². The van der Waals surface area contributed by atoms with E-state index >= 15 is 0 Å². The molecule has 0 saturated carbocycles. The van der Waals surface area contributed by atoms with Gasteiger partial charge in [0.2, 0.25) is 0 Å². The minimum absolute atomic E-state index is 0.592. The molecule has 0 spiro atoms. The third-order valence-electron chi connectivity index (χ3n) is 1.93. The Balaban J connectivity index is 2.20. The van der Waals surface area contributed by atoms with Crippen LogP contribution in [0.1, 0.15) is 15.9 Å². The van der Waals surface area contributed by atoms with Crippen molar-refractivity contribution in [2.24, 2.45) is 0 Å². The molecule has 0 atom stereocenters. The van der Waals surface area contributed by atoms with Crippen molar-refractivity contribution >= 4 is 41.1 Å². The maximum absolute atomic E-state index is 10.6. The minimum Gasteiger partial charge on any atom is -0.298 e. The number of nitrogens with zero attached hydrogens (tertiary/aromatic N) is 3. The van der Waals surface area contributed by atoms with E-state index in [-0.39, 0.29) is 0 Å². The van der Waals surface area contributed by atoms with Crippen molar-refractivity contribution in [1.29, 1.82) is 0 Å². The second kappa shape index (κ2) is 5.61. The molecule has 4 nitrogen and oxygen atoms in total. The van der Waals surface area contributed by atoms with Gasteiger partial charge in [-0.2, -0.15) is 0 Å². The van der Waals surface area contributed by atoms with Crippen LogP contribution in [-0.2, 0) is 0 Å². The Bertz CT molecular complexity index is 541. The maximum Gasteiger partial charge on any atom is 0.181 e. The highest BCUT2D eigenvalue weighted by Crippen LogP contribution is 2.33. The van der Waals surface area contributed by atoms with Crippen molar-refractivity contribution in [3.05, 3.63) is 23.4 Å². The second-order valence-electron chi connectivity index (χ2n) is 3.15. The van der Waals surface area contributed by atoms with E-state index in [1.54, 1.807) is 29.3 Å². The Hall–Kier alpha value is -0.920. The number of hydrogen-bond donors (Lipinski definition) is 0. The molecule has 0 fully saturated rings. The molecule has 0 N–H and O–H groups in total. The lowest BCUT2D eigenvalue weighted by Crippen LogP contribution is -1.89. The second-order valence-corrected chi connectivity index (χ2v) is 6.42. The highest BCUT2D eigenvalue weighted by molar-refractivity contribution is 8.03. The summed E-state index contributed by atoms with van der Waals surface area (Å²) in [5.41, 5.74) is 1.56. The van der Waals surface area contributed by atoms with Crippen LogP contribution in [0.25, 0.3) is 0 Å². The molecule has 0 bridgehead atoms. The Morgan fingerprint density at radius 2 is 2.12 bits per heavy atom. The Morgan fingerprint density at radius 3 is 2.71 bits per heavy atom. The van der Waals surface area contributed by atoms with Crippen LogP contribution in [0.5, 0.6) is 0 Å². The Morgan fingerprint density at radius 1 is 1.35 bits per heavy atom. The molecule has 0 aliphatic heterocycles. The summed E-state index contributed by atoms with van der Waals surface area (Å²) in [6.07, 6.45) is 4.33. The highest BCUT2D eigenvalue weighted by atomic mass is 32.2. The van der Waals surface area contributed by atoms with Gasteiger partial charge >= 0.3 is 0 Å². The molecule has 2 aromatic rings. The normalized spacial score (nSPS) is 10.5. The molecule has 0 radical (unpaired) electrons. The van der Waals surface area contributed by atoms with Crippen molar-refractivity contribution in [2.75, 3.05) is 6.26 Å². The molecule has 0 aromatic carbocycles. The number of aldehydes is 1. The van der Waals surface area contributed by atoms with Crippen LogP contribution in [0, 0.1) is 6.92 Å². The SMILES string of the molecule is CSc1nnc(Sc2ncc(C=O)cc2C)s1. The maximum atomic E-state index is 10.6. The monoisotopic (exact) mass is 283 g/mol. The summed E-state index contributed by atoms with van der Waals surface area (Å²) in [6, 6.07) is 1.82. The van der Waals surface area contributed by atoms with Crippen molar-refractivity contribution in [3.63, 3.8) is 0 Å². The van der Waals surface area contributed by atoms with Crippen LogP contribution in [0.4, 0.5) is 0 Å². The van der Waals surface area contributed by atoms with Gasteiger partial charge in [0.1, 0.15) is 5.03 Å². The van der Waals surface area contributed by atoms with E-state index in [0.29, 0.717) is 5.56 Å². The Kier molecular flexibility index (Phi) is 4.14. The molecule has 17 heavy (non-hydrogen) atoms. The van der Waals surface area contributed by atoms with Crippen molar-refractivity contribution < 1.29 is 4.79 Å². The van der Waals surface area contributed by atoms with E-state index < -0.39 is 0 Å². The zero-order valence-corrected chi connectivity index (χ0v) is 11.7. The summed E-state index contributed by atoms with van der Waals surface area (Å²) in [5.74, 6) is 0. The van der Waals surface area contributed by atoms with Crippen LogP contribution < -0.4 is 0 Å². The summed E-state index contributed by atoms with van der Waals surface area (Å²) in [5, 5.41) is 8.95.